The van der Waals surface area contributed by atoms with Gasteiger partial charge in [-0.05, 0) is 37.3 Å². The Labute approximate surface area is 131 Å². The number of amides is 2. The van der Waals surface area contributed by atoms with E-state index < -0.39 is 0 Å². The van der Waals surface area contributed by atoms with Gasteiger partial charge in [-0.25, -0.2) is 4.98 Å². The van der Waals surface area contributed by atoms with Crippen molar-refractivity contribution in [3.63, 3.8) is 0 Å². The Morgan fingerprint density at radius 2 is 1.82 bits per heavy atom. The molecule has 120 valence electrons. The molecule has 2 rings (SSSR count). The van der Waals surface area contributed by atoms with E-state index in [1.54, 1.807) is 18.2 Å². The number of hydrogen-bond donors (Lipinski definition) is 2. The van der Waals surface area contributed by atoms with E-state index in [1.165, 1.54) is 0 Å². The van der Waals surface area contributed by atoms with Gasteiger partial charge < -0.3 is 10.6 Å². The molecule has 1 aromatic heterocycles. The summed E-state index contributed by atoms with van der Waals surface area (Å²) in [5, 5.41) is 5.82. The SMILES string of the molecule is CC(C)CCNC(=O)c1cccc(C(=O)NC2CCCC2)n1. The Kier molecular flexibility index (Phi) is 5.92. The highest BCUT2D eigenvalue weighted by Crippen LogP contribution is 2.18. The molecule has 5 nitrogen and oxygen atoms in total. The average molecular weight is 303 g/mol. The fourth-order valence-electron chi connectivity index (χ4n) is 2.58. The molecule has 5 heteroatoms. The third-order valence-corrected chi connectivity index (χ3v) is 3.91. The zero-order chi connectivity index (χ0) is 15.9. The van der Waals surface area contributed by atoms with Gasteiger partial charge in [-0.15, -0.1) is 0 Å². The zero-order valence-electron chi connectivity index (χ0n) is 13.4. The summed E-state index contributed by atoms with van der Waals surface area (Å²) in [6.07, 6.45) is 5.31. The molecular weight excluding hydrogens is 278 g/mol. The zero-order valence-corrected chi connectivity index (χ0v) is 13.4. The van der Waals surface area contributed by atoms with Crippen molar-refractivity contribution in [2.45, 2.75) is 52.0 Å². The standard InChI is InChI=1S/C17H25N3O2/c1-12(2)10-11-18-16(21)14-8-5-9-15(20-14)17(22)19-13-6-3-4-7-13/h5,8-9,12-13H,3-4,6-7,10-11H2,1-2H3,(H,18,21)(H,19,22). The molecule has 1 fully saturated rings. The van der Waals surface area contributed by atoms with Crippen molar-refractivity contribution in [3.05, 3.63) is 29.6 Å². The van der Waals surface area contributed by atoms with Crippen molar-refractivity contribution < 1.29 is 9.59 Å². The van der Waals surface area contributed by atoms with Crippen LogP contribution in [0.25, 0.3) is 0 Å². The van der Waals surface area contributed by atoms with Gasteiger partial charge in [0.05, 0.1) is 0 Å². The number of pyridine rings is 1. The van der Waals surface area contributed by atoms with Gasteiger partial charge in [-0.2, -0.15) is 0 Å². The molecule has 0 bridgehead atoms. The van der Waals surface area contributed by atoms with Crippen molar-refractivity contribution in [3.8, 4) is 0 Å². The Morgan fingerprint density at radius 3 is 2.45 bits per heavy atom. The Hall–Kier alpha value is -1.91. The highest BCUT2D eigenvalue weighted by atomic mass is 16.2. The normalized spacial score (nSPS) is 15.0. The van der Waals surface area contributed by atoms with Crippen LogP contribution in [0.4, 0.5) is 0 Å². The van der Waals surface area contributed by atoms with Crippen LogP contribution in [-0.4, -0.2) is 29.4 Å². The fourth-order valence-corrected chi connectivity index (χ4v) is 2.58. The minimum absolute atomic E-state index is 0.191. The van der Waals surface area contributed by atoms with E-state index in [4.69, 9.17) is 0 Å². The summed E-state index contributed by atoms with van der Waals surface area (Å²) in [6.45, 7) is 4.84. The van der Waals surface area contributed by atoms with Gasteiger partial charge in [-0.1, -0.05) is 32.8 Å². The summed E-state index contributed by atoms with van der Waals surface area (Å²) in [5.74, 6) is 0.122. The molecular formula is C17H25N3O2. The van der Waals surface area contributed by atoms with E-state index in [1.807, 2.05) is 0 Å². The Balaban J connectivity index is 1.93. The average Bonchev–Trinajstić information content (AvgIpc) is 3.00. The van der Waals surface area contributed by atoms with Crippen molar-refractivity contribution in [2.75, 3.05) is 6.54 Å². The third-order valence-electron chi connectivity index (χ3n) is 3.91. The molecule has 1 heterocycles. The first-order valence-electron chi connectivity index (χ1n) is 8.12. The predicted octanol–water partition coefficient (Wildman–Crippen LogP) is 2.53. The number of nitrogens with zero attached hydrogens (tertiary/aromatic N) is 1. The number of rotatable bonds is 6. The summed E-state index contributed by atoms with van der Waals surface area (Å²) < 4.78 is 0. The summed E-state index contributed by atoms with van der Waals surface area (Å²) in [5.41, 5.74) is 0.603. The van der Waals surface area contributed by atoms with Crippen molar-refractivity contribution in [2.24, 2.45) is 5.92 Å². The first kappa shape index (κ1) is 16.5. The van der Waals surface area contributed by atoms with Crippen LogP contribution in [0.2, 0.25) is 0 Å². The summed E-state index contributed by atoms with van der Waals surface area (Å²) in [7, 11) is 0. The second kappa shape index (κ2) is 7.92. The lowest BCUT2D eigenvalue weighted by atomic mass is 10.1. The summed E-state index contributed by atoms with van der Waals surface area (Å²) in [6, 6.07) is 5.23. The second-order valence-corrected chi connectivity index (χ2v) is 6.30. The number of nitrogens with one attached hydrogen (secondary N) is 2. The molecule has 0 aromatic carbocycles. The molecule has 0 atom stereocenters. The third kappa shape index (κ3) is 4.83. The second-order valence-electron chi connectivity index (χ2n) is 6.30. The number of carbonyl (C=O) groups is 2. The molecule has 2 N–H and O–H groups in total. The molecule has 1 aliphatic carbocycles. The van der Waals surface area contributed by atoms with Crippen LogP contribution in [0.5, 0.6) is 0 Å². The first-order valence-corrected chi connectivity index (χ1v) is 8.12. The van der Waals surface area contributed by atoms with E-state index in [2.05, 4.69) is 29.5 Å². The van der Waals surface area contributed by atoms with Crippen molar-refractivity contribution in [1.29, 1.82) is 0 Å². The molecule has 0 radical (unpaired) electrons. The Bertz CT molecular complexity index is 522. The van der Waals surface area contributed by atoms with Gasteiger partial charge in [0.15, 0.2) is 0 Å². The molecule has 1 saturated carbocycles. The first-order chi connectivity index (χ1) is 10.6. The lowest BCUT2D eigenvalue weighted by Crippen LogP contribution is -2.33. The lowest BCUT2D eigenvalue weighted by Gasteiger charge is -2.12. The van der Waals surface area contributed by atoms with Crippen molar-refractivity contribution in [1.82, 2.24) is 15.6 Å². The van der Waals surface area contributed by atoms with Gasteiger partial charge in [0.2, 0.25) is 0 Å². The van der Waals surface area contributed by atoms with E-state index in [9.17, 15) is 9.59 Å². The van der Waals surface area contributed by atoms with Gasteiger partial charge >= 0.3 is 0 Å². The highest BCUT2D eigenvalue weighted by molar-refractivity contribution is 5.96. The minimum Gasteiger partial charge on any atom is -0.351 e. The minimum atomic E-state index is -0.226. The monoisotopic (exact) mass is 303 g/mol. The van der Waals surface area contributed by atoms with Crippen LogP contribution in [0.15, 0.2) is 18.2 Å². The molecule has 2 amide bonds. The topological polar surface area (TPSA) is 71.1 Å². The fraction of sp³-hybridized carbons (Fsp3) is 0.588. The van der Waals surface area contributed by atoms with E-state index in [-0.39, 0.29) is 17.9 Å². The number of hydrogen-bond acceptors (Lipinski definition) is 3. The van der Waals surface area contributed by atoms with Crippen LogP contribution in [-0.2, 0) is 0 Å². The van der Waals surface area contributed by atoms with E-state index in [0.717, 1.165) is 32.1 Å². The molecule has 1 aromatic rings. The highest BCUT2D eigenvalue weighted by Gasteiger charge is 2.19. The van der Waals surface area contributed by atoms with Crippen LogP contribution < -0.4 is 10.6 Å². The van der Waals surface area contributed by atoms with Crippen LogP contribution in [0.1, 0.15) is 66.9 Å². The molecule has 0 saturated heterocycles. The molecule has 0 aliphatic heterocycles. The molecule has 22 heavy (non-hydrogen) atoms. The van der Waals surface area contributed by atoms with E-state index >= 15 is 0 Å². The molecule has 0 unspecified atom stereocenters. The maximum atomic E-state index is 12.2. The van der Waals surface area contributed by atoms with Crippen LogP contribution in [0, 0.1) is 5.92 Å². The quantitative estimate of drug-likeness (QED) is 0.848. The van der Waals surface area contributed by atoms with E-state index in [0.29, 0.717) is 23.9 Å². The largest absolute Gasteiger partial charge is 0.351 e. The van der Waals surface area contributed by atoms with Crippen LogP contribution in [0.3, 0.4) is 0 Å². The lowest BCUT2D eigenvalue weighted by molar-refractivity contribution is 0.0931. The van der Waals surface area contributed by atoms with Gasteiger partial charge in [-0.3, -0.25) is 9.59 Å². The van der Waals surface area contributed by atoms with Gasteiger partial charge in [0.25, 0.3) is 11.8 Å². The number of aromatic nitrogens is 1. The van der Waals surface area contributed by atoms with Gasteiger partial charge in [0.1, 0.15) is 11.4 Å². The molecule has 0 spiro atoms. The van der Waals surface area contributed by atoms with Crippen molar-refractivity contribution >= 4 is 11.8 Å². The smallest absolute Gasteiger partial charge is 0.270 e. The molecule has 1 aliphatic rings. The maximum Gasteiger partial charge on any atom is 0.270 e. The van der Waals surface area contributed by atoms with Crippen LogP contribution >= 0.6 is 0 Å². The van der Waals surface area contributed by atoms with Gasteiger partial charge in [0, 0.05) is 12.6 Å². The summed E-state index contributed by atoms with van der Waals surface area (Å²) >= 11 is 0. The Morgan fingerprint density at radius 1 is 1.18 bits per heavy atom. The summed E-state index contributed by atoms with van der Waals surface area (Å²) in [4.78, 5) is 28.4. The number of carbonyl (C=O) groups excluding carboxylic acids is 2. The maximum absolute atomic E-state index is 12.2. The predicted molar refractivity (Wildman–Crippen MR) is 85.7 cm³/mol.